The van der Waals surface area contributed by atoms with Crippen molar-refractivity contribution in [2.45, 2.75) is 17.7 Å². The lowest BCUT2D eigenvalue weighted by Crippen LogP contribution is -2.35. The van der Waals surface area contributed by atoms with E-state index < -0.39 is 22.5 Å². The van der Waals surface area contributed by atoms with Crippen LogP contribution in [0.15, 0.2) is 41.3 Å². The van der Waals surface area contributed by atoms with Gasteiger partial charge >= 0.3 is 0 Å². The zero-order valence-electron chi connectivity index (χ0n) is 16.9. The third kappa shape index (κ3) is 4.55. The Kier molecular flexibility index (Phi) is 6.28. The summed E-state index contributed by atoms with van der Waals surface area (Å²) >= 11 is 0. The molecule has 10 heteroatoms. The van der Waals surface area contributed by atoms with E-state index in [4.69, 9.17) is 9.47 Å². The van der Waals surface area contributed by atoms with E-state index in [0.29, 0.717) is 35.7 Å². The first-order valence-corrected chi connectivity index (χ1v) is 10.6. The fraction of sp³-hybridized carbons (Fsp3) is 0.300. The molecule has 2 N–H and O–H groups in total. The number of rotatable bonds is 7. The molecule has 0 saturated heterocycles. The molecule has 0 unspecified atom stereocenters. The summed E-state index contributed by atoms with van der Waals surface area (Å²) in [7, 11) is 0.397. The Labute approximate surface area is 175 Å². The summed E-state index contributed by atoms with van der Waals surface area (Å²) < 4.78 is 37.1. The van der Waals surface area contributed by atoms with Gasteiger partial charge in [0.05, 0.1) is 31.3 Å². The first kappa shape index (κ1) is 21.6. The zero-order valence-corrected chi connectivity index (χ0v) is 17.7. The summed E-state index contributed by atoms with van der Waals surface area (Å²) in [6.45, 7) is -0.392. The van der Waals surface area contributed by atoms with Crippen molar-refractivity contribution in [3.63, 3.8) is 0 Å². The third-order valence-electron chi connectivity index (χ3n) is 4.73. The van der Waals surface area contributed by atoms with Crippen LogP contribution < -0.4 is 20.1 Å². The summed E-state index contributed by atoms with van der Waals surface area (Å²) in [5.41, 5.74) is 1.72. The number of likely N-dealkylation sites (N-methyl/N-ethyl adjacent to an activating group) is 1. The van der Waals surface area contributed by atoms with E-state index in [1.807, 2.05) is 0 Å². The van der Waals surface area contributed by atoms with Gasteiger partial charge in [-0.15, -0.1) is 0 Å². The maximum atomic E-state index is 12.9. The second kappa shape index (κ2) is 8.72. The number of hydrogen-bond acceptors (Lipinski definition) is 6. The number of methoxy groups -OCH3 is 2. The minimum atomic E-state index is -3.90. The van der Waals surface area contributed by atoms with Crippen LogP contribution in [-0.2, 0) is 26.0 Å². The molecule has 0 radical (unpaired) electrons. The van der Waals surface area contributed by atoms with Gasteiger partial charge in [0.2, 0.25) is 21.8 Å². The Morgan fingerprint density at radius 3 is 2.60 bits per heavy atom. The number of carbonyl (C=O) groups is 2. The number of benzene rings is 2. The molecular weight excluding hydrogens is 410 g/mol. The molecule has 1 aliphatic heterocycles. The van der Waals surface area contributed by atoms with Crippen molar-refractivity contribution in [1.82, 2.24) is 4.31 Å². The van der Waals surface area contributed by atoms with Crippen molar-refractivity contribution in [2.24, 2.45) is 0 Å². The molecule has 0 atom stereocenters. The van der Waals surface area contributed by atoms with Crippen LogP contribution >= 0.6 is 0 Å². The molecule has 0 spiro atoms. The number of nitrogens with one attached hydrogen (secondary N) is 2. The van der Waals surface area contributed by atoms with E-state index in [9.17, 15) is 18.0 Å². The molecule has 2 amide bonds. The van der Waals surface area contributed by atoms with E-state index in [1.54, 1.807) is 24.3 Å². The van der Waals surface area contributed by atoms with Gasteiger partial charge in [-0.1, -0.05) is 0 Å². The summed E-state index contributed by atoms with van der Waals surface area (Å²) in [5, 5.41) is 5.36. The second-order valence-corrected chi connectivity index (χ2v) is 8.79. The van der Waals surface area contributed by atoms with Gasteiger partial charge in [-0.25, -0.2) is 8.42 Å². The van der Waals surface area contributed by atoms with Gasteiger partial charge in [-0.2, -0.15) is 4.31 Å². The van der Waals surface area contributed by atoms with E-state index in [0.717, 1.165) is 9.87 Å². The van der Waals surface area contributed by atoms with Crippen LogP contribution in [-0.4, -0.2) is 52.3 Å². The molecule has 1 heterocycles. The normalized spacial score (nSPS) is 13.4. The molecule has 2 aromatic carbocycles. The Morgan fingerprint density at radius 1 is 1.13 bits per heavy atom. The Hall–Kier alpha value is -3.11. The maximum Gasteiger partial charge on any atom is 0.243 e. The van der Waals surface area contributed by atoms with E-state index in [2.05, 4.69) is 10.6 Å². The van der Waals surface area contributed by atoms with Crippen molar-refractivity contribution in [3.8, 4) is 11.5 Å². The first-order valence-electron chi connectivity index (χ1n) is 9.15. The quantitative estimate of drug-likeness (QED) is 0.689. The highest BCUT2D eigenvalue weighted by molar-refractivity contribution is 7.89. The van der Waals surface area contributed by atoms with Crippen molar-refractivity contribution in [3.05, 3.63) is 42.0 Å². The molecule has 0 bridgehead atoms. The number of sulfonamides is 1. The summed E-state index contributed by atoms with van der Waals surface area (Å²) in [6, 6.07) is 9.42. The van der Waals surface area contributed by atoms with Crippen molar-refractivity contribution >= 4 is 33.2 Å². The number of aryl methyl sites for hydroxylation is 1. The standard InChI is InChI=1S/C20H23N3O6S/c1-23(12-20(25)22-17-11-14(28-2)5-8-18(17)29-3)30(26,27)15-6-7-16-13(10-15)4-9-19(24)21-16/h5-8,10-11H,4,9,12H2,1-3H3,(H,21,24)(H,22,25). The number of carbonyl (C=O) groups excluding carboxylic acids is 2. The Bertz CT molecular complexity index is 1080. The van der Waals surface area contributed by atoms with Gasteiger partial charge in [-0.3, -0.25) is 9.59 Å². The number of hydrogen-bond donors (Lipinski definition) is 2. The van der Waals surface area contributed by atoms with Crippen LogP contribution in [0.1, 0.15) is 12.0 Å². The van der Waals surface area contributed by atoms with Crippen molar-refractivity contribution < 1.29 is 27.5 Å². The van der Waals surface area contributed by atoms with Crippen molar-refractivity contribution in [2.75, 3.05) is 38.4 Å². The monoisotopic (exact) mass is 433 g/mol. The highest BCUT2D eigenvalue weighted by Gasteiger charge is 2.25. The van der Waals surface area contributed by atoms with Crippen LogP contribution in [0, 0.1) is 0 Å². The van der Waals surface area contributed by atoms with Gasteiger partial charge in [0.1, 0.15) is 11.5 Å². The first-order chi connectivity index (χ1) is 14.2. The van der Waals surface area contributed by atoms with E-state index >= 15 is 0 Å². The maximum absolute atomic E-state index is 12.9. The Balaban J connectivity index is 1.74. The number of ether oxygens (including phenoxy) is 2. The SMILES string of the molecule is COc1ccc(OC)c(NC(=O)CN(C)S(=O)(=O)c2ccc3c(c2)CCC(=O)N3)c1. The smallest absolute Gasteiger partial charge is 0.243 e. The Morgan fingerprint density at radius 2 is 1.90 bits per heavy atom. The summed E-state index contributed by atoms with van der Waals surface area (Å²) in [6.07, 6.45) is 0.765. The van der Waals surface area contributed by atoms with E-state index in [-0.39, 0.29) is 10.8 Å². The van der Waals surface area contributed by atoms with Gasteiger partial charge < -0.3 is 20.1 Å². The van der Waals surface area contributed by atoms with E-state index in [1.165, 1.54) is 33.4 Å². The number of nitrogens with zero attached hydrogens (tertiary/aromatic N) is 1. The molecule has 0 aliphatic carbocycles. The molecule has 9 nitrogen and oxygen atoms in total. The predicted molar refractivity (Wildman–Crippen MR) is 111 cm³/mol. The van der Waals surface area contributed by atoms with Crippen LogP contribution in [0.5, 0.6) is 11.5 Å². The van der Waals surface area contributed by atoms with Gasteiger partial charge in [-0.05, 0) is 42.3 Å². The predicted octanol–water partition coefficient (Wildman–Crippen LogP) is 1.85. The molecule has 3 rings (SSSR count). The number of anilines is 2. The average Bonchev–Trinajstić information content (AvgIpc) is 2.72. The largest absolute Gasteiger partial charge is 0.497 e. The average molecular weight is 433 g/mol. The van der Waals surface area contributed by atoms with Gasteiger partial charge in [0, 0.05) is 25.2 Å². The molecule has 2 aromatic rings. The highest BCUT2D eigenvalue weighted by atomic mass is 32.2. The fourth-order valence-corrected chi connectivity index (χ4v) is 4.27. The van der Waals surface area contributed by atoms with Gasteiger partial charge in [0.25, 0.3) is 0 Å². The minimum Gasteiger partial charge on any atom is -0.497 e. The topological polar surface area (TPSA) is 114 Å². The second-order valence-electron chi connectivity index (χ2n) is 6.74. The number of amides is 2. The van der Waals surface area contributed by atoms with Gasteiger partial charge in [0.15, 0.2) is 0 Å². The molecule has 30 heavy (non-hydrogen) atoms. The zero-order chi connectivity index (χ0) is 21.9. The molecule has 0 saturated carbocycles. The lowest BCUT2D eigenvalue weighted by atomic mass is 10.0. The fourth-order valence-electron chi connectivity index (χ4n) is 3.09. The minimum absolute atomic E-state index is 0.0617. The summed E-state index contributed by atoms with van der Waals surface area (Å²) in [4.78, 5) is 24.0. The highest BCUT2D eigenvalue weighted by Crippen LogP contribution is 2.29. The molecule has 0 fully saturated rings. The van der Waals surface area contributed by atoms with Crippen LogP contribution in [0.2, 0.25) is 0 Å². The van der Waals surface area contributed by atoms with Crippen LogP contribution in [0.4, 0.5) is 11.4 Å². The lowest BCUT2D eigenvalue weighted by Gasteiger charge is -2.20. The lowest BCUT2D eigenvalue weighted by molar-refractivity contribution is -0.117. The molecular formula is C20H23N3O6S. The molecule has 160 valence electrons. The van der Waals surface area contributed by atoms with Crippen LogP contribution in [0.25, 0.3) is 0 Å². The van der Waals surface area contributed by atoms with Crippen molar-refractivity contribution in [1.29, 1.82) is 0 Å². The number of fused-ring (bicyclic) bond motifs is 1. The summed E-state index contributed by atoms with van der Waals surface area (Å²) in [5.74, 6) is 0.317. The van der Waals surface area contributed by atoms with Crippen LogP contribution in [0.3, 0.4) is 0 Å². The molecule has 1 aliphatic rings. The third-order valence-corrected chi connectivity index (χ3v) is 6.53. The molecule has 0 aromatic heterocycles.